The number of ketones is 1. The number of H-pyrrole nitrogens is 1. The summed E-state index contributed by atoms with van der Waals surface area (Å²) >= 11 is 0. The monoisotopic (exact) mass is 365 g/mol. The molecule has 2 N–H and O–H groups in total. The summed E-state index contributed by atoms with van der Waals surface area (Å²) in [6, 6.07) is 14.4. The quantitative estimate of drug-likeness (QED) is 0.592. The van der Waals surface area contributed by atoms with E-state index in [4.69, 9.17) is 4.74 Å². The van der Waals surface area contributed by atoms with Gasteiger partial charge in [-0.3, -0.25) is 9.59 Å². The Morgan fingerprint density at radius 1 is 1.11 bits per heavy atom. The van der Waals surface area contributed by atoms with E-state index in [1.54, 1.807) is 31.4 Å². The fourth-order valence-corrected chi connectivity index (χ4v) is 2.54. The van der Waals surface area contributed by atoms with Gasteiger partial charge in [0.05, 0.1) is 7.11 Å². The highest BCUT2D eigenvalue weighted by Crippen LogP contribution is 2.15. The lowest BCUT2D eigenvalue weighted by atomic mass is 10.1. The highest BCUT2D eigenvalue weighted by Gasteiger charge is 2.10. The molecule has 8 heteroatoms. The average molecular weight is 365 g/mol. The first-order valence-electron chi connectivity index (χ1n) is 8.42. The van der Waals surface area contributed by atoms with Crippen LogP contribution in [0.1, 0.15) is 28.8 Å². The fraction of sp³-hybridized carbons (Fsp3) is 0.211. The molecule has 0 aliphatic heterocycles. The number of carbonyl (C=O) groups excluding carboxylic acids is 2. The molecule has 0 aliphatic carbocycles. The Bertz CT molecular complexity index is 907. The minimum Gasteiger partial charge on any atom is -0.497 e. The second-order valence-electron chi connectivity index (χ2n) is 5.86. The van der Waals surface area contributed by atoms with Crippen molar-refractivity contribution in [2.24, 2.45) is 0 Å². The minimum atomic E-state index is -0.179. The molecule has 0 bridgehead atoms. The van der Waals surface area contributed by atoms with Crippen molar-refractivity contribution in [1.29, 1.82) is 0 Å². The van der Waals surface area contributed by atoms with Crippen LogP contribution in [0.15, 0.2) is 48.5 Å². The third-order valence-corrected chi connectivity index (χ3v) is 4.01. The molecule has 2 aromatic carbocycles. The second-order valence-corrected chi connectivity index (χ2v) is 5.86. The predicted molar refractivity (Wildman–Crippen MR) is 98.0 cm³/mol. The molecule has 3 rings (SSSR count). The first kappa shape index (κ1) is 18.2. The summed E-state index contributed by atoms with van der Waals surface area (Å²) in [5.74, 6) is 0.925. The smallest absolute Gasteiger partial charge is 0.220 e. The van der Waals surface area contributed by atoms with Gasteiger partial charge < -0.3 is 10.1 Å². The van der Waals surface area contributed by atoms with Gasteiger partial charge in [-0.15, -0.1) is 10.2 Å². The van der Waals surface area contributed by atoms with Crippen LogP contribution >= 0.6 is 0 Å². The number of hydrogen-bond acceptors (Lipinski definition) is 6. The highest BCUT2D eigenvalue weighted by molar-refractivity contribution is 5.98. The third-order valence-electron chi connectivity index (χ3n) is 4.01. The molecule has 0 radical (unpaired) electrons. The summed E-state index contributed by atoms with van der Waals surface area (Å²) in [5.41, 5.74) is 2.29. The van der Waals surface area contributed by atoms with Gasteiger partial charge in [0.2, 0.25) is 11.7 Å². The predicted octanol–water partition coefficient (Wildman–Crippen LogP) is 2.15. The van der Waals surface area contributed by atoms with Crippen LogP contribution in [-0.4, -0.2) is 39.4 Å². The third kappa shape index (κ3) is 4.97. The van der Waals surface area contributed by atoms with Crippen molar-refractivity contribution in [2.75, 3.05) is 7.11 Å². The molecule has 0 saturated heterocycles. The van der Waals surface area contributed by atoms with Gasteiger partial charge in [0.15, 0.2) is 5.78 Å². The van der Waals surface area contributed by atoms with Crippen molar-refractivity contribution < 1.29 is 14.3 Å². The molecule has 0 aliphatic rings. The number of aromatic amines is 1. The van der Waals surface area contributed by atoms with Gasteiger partial charge in [-0.2, -0.15) is 5.21 Å². The Balaban J connectivity index is 1.48. The van der Waals surface area contributed by atoms with Crippen LogP contribution in [0, 0.1) is 0 Å². The van der Waals surface area contributed by atoms with E-state index in [0.29, 0.717) is 23.7 Å². The summed E-state index contributed by atoms with van der Waals surface area (Å²) in [5, 5.41) is 16.6. The fourth-order valence-electron chi connectivity index (χ4n) is 2.54. The molecule has 3 aromatic rings. The van der Waals surface area contributed by atoms with Crippen LogP contribution in [0.4, 0.5) is 0 Å². The normalized spacial score (nSPS) is 10.4. The van der Waals surface area contributed by atoms with Crippen molar-refractivity contribution in [2.45, 2.75) is 19.4 Å². The molecule has 138 valence electrons. The molecule has 0 atom stereocenters. The number of ether oxygens (including phenoxy) is 1. The van der Waals surface area contributed by atoms with E-state index in [-0.39, 0.29) is 24.5 Å². The number of nitrogens with one attached hydrogen (secondary N) is 2. The van der Waals surface area contributed by atoms with Gasteiger partial charge in [0.25, 0.3) is 0 Å². The van der Waals surface area contributed by atoms with Crippen molar-refractivity contribution in [1.82, 2.24) is 25.9 Å². The molecule has 27 heavy (non-hydrogen) atoms. The summed E-state index contributed by atoms with van der Waals surface area (Å²) < 4.78 is 5.06. The number of amides is 1. The van der Waals surface area contributed by atoms with Gasteiger partial charge in [-0.1, -0.05) is 18.2 Å². The maximum Gasteiger partial charge on any atom is 0.220 e. The van der Waals surface area contributed by atoms with Crippen LogP contribution in [0.3, 0.4) is 0 Å². The lowest BCUT2D eigenvalue weighted by molar-refractivity contribution is -0.121. The molecule has 0 unspecified atom stereocenters. The molecule has 1 amide bonds. The first-order chi connectivity index (χ1) is 13.2. The molecule has 0 spiro atoms. The average Bonchev–Trinajstić information content (AvgIpc) is 3.25. The van der Waals surface area contributed by atoms with Crippen LogP contribution in [0.5, 0.6) is 5.75 Å². The number of rotatable bonds is 8. The van der Waals surface area contributed by atoms with Crippen molar-refractivity contribution in [3.05, 3.63) is 59.7 Å². The van der Waals surface area contributed by atoms with E-state index >= 15 is 0 Å². The highest BCUT2D eigenvalue weighted by atomic mass is 16.5. The van der Waals surface area contributed by atoms with E-state index in [9.17, 15) is 9.59 Å². The maximum atomic E-state index is 12.2. The van der Waals surface area contributed by atoms with Gasteiger partial charge in [-0.25, -0.2) is 0 Å². The number of hydrogen-bond donors (Lipinski definition) is 2. The lowest BCUT2D eigenvalue weighted by Gasteiger charge is -2.07. The minimum absolute atomic E-state index is 0.0769. The van der Waals surface area contributed by atoms with Crippen molar-refractivity contribution in [3.63, 3.8) is 0 Å². The SMILES string of the molecule is COc1ccc(C(=O)CCC(=O)NCc2cccc(-c3nn[nH]n3)c2)cc1. The zero-order valence-electron chi connectivity index (χ0n) is 14.8. The van der Waals surface area contributed by atoms with Crippen molar-refractivity contribution in [3.8, 4) is 17.1 Å². The molecule has 1 aromatic heterocycles. The number of Topliss-reactive ketones (excluding diaryl/α,β-unsaturated/α-hetero) is 1. The topological polar surface area (TPSA) is 110 Å². The van der Waals surface area contributed by atoms with Crippen LogP contribution in [0.25, 0.3) is 11.4 Å². The number of methoxy groups -OCH3 is 1. The zero-order valence-corrected chi connectivity index (χ0v) is 14.8. The molecule has 0 fully saturated rings. The van der Waals surface area contributed by atoms with Crippen LogP contribution in [0.2, 0.25) is 0 Å². The molecular formula is C19H19N5O3. The number of tetrazole rings is 1. The Kier molecular flexibility index (Phi) is 5.88. The molecule has 1 heterocycles. The van der Waals surface area contributed by atoms with Crippen LogP contribution in [-0.2, 0) is 11.3 Å². The number of nitrogens with zero attached hydrogens (tertiary/aromatic N) is 3. The zero-order chi connectivity index (χ0) is 19.1. The van der Waals surface area contributed by atoms with E-state index in [1.165, 1.54) is 0 Å². The summed E-state index contributed by atoms with van der Waals surface area (Å²) in [7, 11) is 1.57. The summed E-state index contributed by atoms with van der Waals surface area (Å²) in [6.07, 6.45) is 0.288. The Morgan fingerprint density at radius 3 is 2.63 bits per heavy atom. The number of carbonyl (C=O) groups is 2. The number of aromatic nitrogens is 4. The van der Waals surface area contributed by atoms with E-state index in [2.05, 4.69) is 25.9 Å². The lowest BCUT2D eigenvalue weighted by Crippen LogP contribution is -2.23. The summed E-state index contributed by atoms with van der Waals surface area (Å²) in [6.45, 7) is 0.362. The maximum absolute atomic E-state index is 12.2. The van der Waals surface area contributed by atoms with Crippen LogP contribution < -0.4 is 10.1 Å². The standard InChI is InChI=1S/C19H19N5O3/c1-27-16-7-5-14(6-8-16)17(25)9-10-18(26)20-12-13-3-2-4-15(11-13)19-21-23-24-22-19/h2-8,11H,9-10,12H2,1H3,(H,20,26)(H,21,22,23,24). The molecule has 8 nitrogen and oxygen atoms in total. The Hall–Kier alpha value is -3.55. The Labute approximate surface area is 155 Å². The molecular weight excluding hydrogens is 346 g/mol. The van der Waals surface area contributed by atoms with Gasteiger partial charge in [0, 0.05) is 30.5 Å². The number of benzene rings is 2. The van der Waals surface area contributed by atoms with E-state index < -0.39 is 0 Å². The van der Waals surface area contributed by atoms with Crippen molar-refractivity contribution >= 4 is 11.7 Å². The Morgan fingerprint density at radius 2 is 1.93 bits per heavy atom. The summed E-state index contributed by atoms with van der Waals surface area (Å²) in [4.78, 5) is 24.2. The van der Waals surface area contributed by atoms with E-state index in [1.807, 2.05) is 24.3 Å². The first-order valence-corrected chi connectivity index (χ1v) is 8.42. The second kappa shape index (κ2) is 8.70. The van der Waals surface area contributed by atoms with Gasteiger partial charge >= 0.3 is 0 Å². The molecule has 0 saturated carbocycles. The van der Waals surface area contributed by atoms with Gasteiger partial charge in [-0.05, 0) is 41.1 Å². The largest absolute Gasteiger partial charge is 0.497 e. The van der Waals surface area contributed by atoms with Gasteiger partial charge in [0.1, 0.15) is 5.75 Å². The van der Waals surface area contributed by atoms with E-state index in [0.717, 1.165) is 11.1 Å².